The molecule has 1 heteroatoms. The molecule has 0 bridgehead atoms. The SMILES string of the molecule is CCCCCCCCCCCCCCCCc1cccc(C(C)(C)N)c1C. The summed E-state index contributed by atoms with van der Waals surface area (Å²) >= 11 is 0. The first kappa shape index (κ1) is 24.2. The molecular weight excluding hydrogens is 326 g/mol. The van der Waals surface area contributed by atoms with Gasteiger partial charge in [-0.25, -0.2) is 0 Å². The molecule has 0 fully saturated rings. The van der Waals surface area contributed by atoms with Crippen molar-refractivity contribution in [2.45, 2.75) is 130 Å². The molecule has 2 N–H and O–H groups in total. The minimum atomic E-state index is -0.240. The van der Waals surface area contributed by atoms with E-state index in [0.717, 1.165) is 0 Å². The van der Waals surface area contributed by atoms with Gasteiger partial charge in [0.1, 0.15) is 0 Å². The van der Waals surface area contributed by atoms with Gasteiger partial charge in [-0.15, -0.1) is 0 Å². The molecule has 0 aliphatic rings. The van der Waals surface area contributed by atoms with Gasteiger partial charge in [0.25, 0.3) is 0 Å². The summed E-state index contributed by atoms with van der Waals surface area (Å²) in [6.45, 7) is 8.74. The van der Waals surface area contributed by atoms with Crippen LogP contribution in [0.2, 0.25) is 0 Å². The van der Waals surface area contributed by atoms with Crippen LogP contribution in [0.5, 0.6) is 0 Å². The van der Waals surface area contributed by atoms with Gasteiger partial charge in [-0.3, -0.25) is 0 Å². The second-order valence-corrected chi connectivity index (χ2v) is 9.16. The topological polar surface area (TPSA) is 26.0 Å². The molecule has 1 rings (SSSR count). The van der Waals surface area contributed by atoms with Gasteiger partial charge in [0, 0.05) is 5.54 Å². The van der Waals surface area contributed by atoms with Crippen LogP contribution in [-0.4, -0.2) is 0 Å². The molecule has 0 radical (unpaired) electrons. The fourth-order valence-corrected chi connectivity index (χ4v) is 4.16. The maximum atomic E-state index is 6.31. The molecule has 0 spiro atoms. The zero-order chi connectivity index (χ0) is 20.0. The van der Waals surface area contributed by atoms with Crippen LogP contribution in [0.4, 0.5) is 0 Å². The maximum absolute atomic E-state index is 6.31. The number of hydrogen-bond donors (Lipinski definition) is 1. The Labute approximate surface area is 170 Å². The highest BCUT2D eigenvalue weighted by molar-refractivity contribution is 5.38. The van der Waals surface area contributed by atoms with E-state index in [1.54, 1.807) is 0 Å². The Bertz CT molecular complexity index is 483. The third kappa shape index (κ3) is 10.9. The third-order valence-electron chi connectivity index (χ3n) is 5.94. The largest absolute Gasteiger partial charge is 0.322 e. The number of unbranched alkanes of at least 4 members (excludes halogenated alkanes) is 13. The summed E-state index contributed by atoms with van der Waals surface area (Å²) < 4.78 is 0. The summed E-state index contributed by atoms with van der Waals surface area (Å²) in [6.07, 6.45) is 21.1. The van der Waals surface area contributed by atoms with Crippen LogP contribution >= 0.6 is 0 Å². The van der Waals surface area contributed by atoms with Crippen molar-refractivity contribution in [2.75, 3.05) is 0 Å². The van der Waals surface area contributed by atoms with Crippen molar-refractivity contribution in [3.8, 4) is 0 Å². The Morgan fingerprint density at radius 1 is 0.704 bits per heavy atom. The van der Waals surface area contributed by atoms with Crippen molar-refractivity contribution in [3.05, 3.63) is 34.9 Å². The molecule has 1 aromatic rings. The van der Waals surface area contributed by atoms with Crippen LogP contribution in [0.25, 0.3) is 0 Å². The van der Waals surface area contributed by atoms with Gasteiger partial charge in [-0.2, -0.15) is 0 Å². The predicted molar refractivity (Wildman–Crippen MR) is 122 cm³/mol. The molecule has 27 heavy (non-hydrogen) atoms. The quantitative estimate of drug-likeness (QED) is 0.290. The minimum Gasteiger partial charge on any atom is -0.322 e. The van der Waals surface area contributed by atoms with Crippen LogP contribution in [0.3, 0.4) is 0 Å². The normalized spacial score (nSPS) is 11.9. The number of benzene rings is 1. The highest BCUT2D eigenvalue weighted by atomic mass is 14.7. The molecule has 0 atom stereocenters. The molecule has 1 aromatic carbocycles. The molecule has 0 heterocycles. The summed E-state index contributed by atoms with van der Waals surface area (Å²) in [5.41, 5.74) is 10.3. The molecule has 0 unspecified atom stereocenters. The van der Waals surface area contributed by atoms with Gasteiger partial charge in [-0.05, 0) is 50.3 Å². The van der Waals surface area contributed by atoms with Gasteiger partial charge < -0.3 is 5.73 Å². The molecule has 0 aliphatic carbocycles. The van der Waals surface area contributed by atoms with Gasteiger partial charge in [0.15, 0.2) is 0 Å². The second kappa shape index (κ2) is 14.2. The highest BCUT2D eigenvalue weighted by Crippen LogP contribution is 2.25. The Hall–Kier alpha value is -0.820. The van der Waals surface area contributed by atoms with Gasteiger partial charge >= 0.3 is 0 Å². The molecule has 0 aliphatic heterocycles. The Kier molecular flexibility index (Phi) is 12.8. The molecule has 0 aromatic heterocycles. The smallest absolute Gasteiger partial charge is 0.0355 e. The molecular formula is C26H47N. The summed E-state index contributed by atoms with van der Waals surface area (Å²) in [4.78, 5) is 0. The average Bonchev–Trinajstić information content (AvgIpc) is 2.62. The second-order valence-electron chi connectivity index (χ2n) is 9.16. The lowest BCUT2D eigenvalue weighted by atomic mass is 9.87. The van der Waals surface area contributed by atoms with E-state index in [9.17, 15) is 0 Å². The van der Waals surface area contributed by atoms with Crippen molar-refractivity contribution in [1.29, 1.82) is 0 Å². The molecule has 1 nitrogen and oxygen atoms in total. The van der Waals surface area contributed by atoms with E-state index in [4.69, 9.17) is 5.73 Å². The van der Waals surface area contributed by atoms with Gasteiger partial charge in [0.05, 0.1) is 0 Å². The minimum absolute atomic E-state index is 0.240. The third-order valence-corrected chi connectivity index (χ3v) is 5.94. The summed E-state index contributed by atoms with van der Waals surface area (Å²) in [5, 5.41) is 0. The Morgan fingerprint density at radius 2 is 1.15 bits per heavy atom. The first-order chi connectivity index (χ1) is 13.0. The van der Waals surface area contributed by atoms with E-state index in [2.05, 4.69) is 45.9 Å². The first-order valence-electron chi connectivity index (χ1n) is 11.8. The van der Waals surface area contributed by atoms with Gasteiger partial charge in [-0.1, -0.05) is 109 Å². The summed E-state index contributed by atoms with van der Waals surface area (Å²) in [6, 6.07) is 6.65. The lowest BCUT2D eigenvalue weighted by Crippen LogP contribution is -2.29. The van der Waals surface area contributed by atoms with Crippen LogP contribution in [-0.2, 0) is 12.0 Å². The number of nitrogens with two attached hydrogens (primary N) is 1. The van der Waals surface area contributed by atoms with E-state index >= 15 is 0 Å². The van der Waals surface area contributed by atoms with Gasteiger partial charge in [0.2, 0.25) is 0 Å². The van der Waals surface area contributed by atoms with E-state index in [1.165, 1.54) is 113 Å². The highest BCUT2D eigenvalue weighted by Gasteiger charge is 2.17. The molecule has 0 saturated carbocycles. The number of hydrogen-bond acceptors (Lipinski definition) is 1. The first-order valence-corrected chi connectivity index (χ1v) is 11.8. The Morgan fingerprint density at radius 3 is 1.59 bits per heavy atom. The zero-order valence-electron chi connectivity index (χ0n) is 18.9. The zero-order valence-corrected chi connectivity index (χ0v) is 18.9. The monoisotopic (exact) mass is 373 g/mol. The van der Waals surface area contributed by atoms with Crippen LogP contribution < -0.4 is 5.73 Å². The van der Waals surface area contributed by atoms with E-state index in [-0.39, 0.29) is 5.54 Å². The standard InChI is InChI=1S/C26H47N/c1-5-6-7-8-9-10-11-12-13-14-15-16-17-18-20-24-21-19-22-25(23(24)2)26(3,4)27/h19,21-22H,5-18,20,27H2,1-4H3. The van der Waals surface area contributed by atoms with Crippen molar-refractivity contribution in [2.24, 2.45) is 5.73 Å². The fraction of sp³-hybridized carbons (Fsp3) is 0.769. The van der Waals surface area contributed by atoms with E-state index in [0.29, 0.717) is 0 Å². The van der Waals surface area contributed by atoms with Crippen molar-refractivity contribution in [1.82, 2.24) is 0 Å². The predicted octanol–water partition coefficient (Wildman–Crippen LogP) is 8.21. The maximum Gasteiger partial charge on any atom is 0.0355 e. The van der Waals surface area contributed by atoms with Crippen LogP contribution in [0.1, 0.15) is 127 Å². The van der Waals surface area contributed by atoms with Crippen molar-refractivity contribution in [3.63, 3.8) is 0 Å². The Balaban J connectivity index is 2.01. The van der Waals surface area contributed by atoms with E-state index in [1.807, 2.05) is 0 Å². The molecule has 0 saturated heterocycles. The molecule has 0 amide bonds. The van der Waals surface area contributed by atoms with Crippen LogP contribution in [0, 0.1) is 6.92 Å². The summed E-state index contributed by atoms with van der Waals surface area (Å²) in [5.74, 6) is 0. The summed E-state index contributed by atoms with van der Waals surface area (Å²) in [7, 11) is 0. The fourth-order valence-electron chi connectivity index (χ4n) is 4.16. The molecule has 156 valence electrons. The van der Waals surface area contributed by atoms with Crippen molar-refractivity contribution >= 4 is 0 Å². The van der Waals surface area contributed by atoms with E-state index < -0.39 is 0 Å². The number of aryl methyl sites for hydroxylation is 1. The van der Waals surface area contributed by atoms with Crippen LogP contribution in [0.15, 0.2) is 18.2 Å². The average molecular weight is 374 g/mol. The lowest BCUT2D eigenvalue weighted by molar-refractivity contribution is 0.534. The number of rotatable bonds is 16. The lowest BCUT2D eigenvalue weighted by Gasteiger charge is -2.23. The van der Waals surface area contributed by atoms with Crippen molar-refractivity contribution < 1.29 is 0 Å².